The Morgan fingerprint density at radius 3 is 2.00 bits per heavy atom. The minimum Gasteiger partial charge on any atom is -0.396 e. The predicted molar refractivity (Wildman–Crippen MR) is 59.1 cm³/mol. The van der Waals surface area contributed by atoms with Crippen molar-refractivity contribution in [2.45, 2.75) is 58.3 Å². The van der Waals surface area contributed by atoms with Gasteiger partial charge in [0.25, 0.3) is 0 Å². The van der Waals surface area contributed by atoms with Crippen molar-refractivity contribution in [2.75, 3.05) is 6.61 Å². The van der Waals surface area contributed by atoms with Crippen LogP contribution in [0.3, 0.4) is 0 Å². The Morgan fingerprint density at radius 2 is 1.50 bits per heavy atom. The molecule has 0 amide bonds. The minimum absolute atomic E-state index is 0.423. The highest BCUT2D eigenvalue weighted by Crippen LogP contribution is 2.49. The molecule has 2 aliphatic carbocycles. The van der Waals surface area contributed by atoms with Crippen molar-refractivity contribution >= 4 is 0 Å². The molecule has 0 bridgehead atoms. The standard InChI is InChI=1S/C13H24O/c1-11-2-6-13(7-3-11)8-4-12(10-14)5-9-13/h11-12,14H,2-10H2,1H3. The first-order valence-corrected chi connectivity index (χ1v) is 6.35. The molecule has 1 heteroatoms. The Kier molecular flexibility index (Phi) is 3.16. The summed E-state index contributed by atoms with van der Waals surface area (Å²) in [5, 5.41) is 9.12. The van der Waals surface area contributed by atoms with Gasteiger partial charge in [-0.05, 0) is 55.8 Å². The number of aliphatic hydroxyl groups is 1. The van der Waals surface area contributed by atoms with Crippen LogP contribution in [0.4, 0.5) is 0 Å². The second-order valence-electron chi connectivity index (χ2n) is 5.81. The summed E-state index contributed by atoms with van der Waals surface area (Å²) in [7, 11) is 0. The summed E-state index contributed by atoms with van der Waals surface area (Å²) in [5.74, 6) is 1.59. The van der Waals surface area contributed by atoms with Crippen molar-refractivity contribution in [3.63, 3.8) is 0 Å². The van der Waals surface area contributed by atoms with Gasteiger partial charge in [-0.1, -0.05) is 19.8 Å². The molecule has 0 heterocycles. The van der Waals surface area contributed by atoms with Crippen LogP contribution < -0.4 is 0 Å². The highest BCUT2D eigenvalue weighted by atomic mass is 16.3. The quantitative estimate of drug-likeness (QED) is 0.681. The molecule has 2 rings (SSSR count). The average Bonchev–Trinajstić information content (AvgIpc) is 2.24. The lowest BCUT2D eigenvalue weighted by Crippen LogP contribution is -2.32. The molecule has 0 unspecified atom stereocenters. The van der Waals surface area contributed by atoms with E-state index in [9.17, 15) is 0 Å². The molecule has 0 aromatic heterocycles. The zero-order valence-corrected chi connectivity index (χ0v) is 9.47. The molecular weight excluding hydrogens is 172 g/mol. The van der Waals surface area contributed by atoms with Crippen molar-refractivity contribution in [3.05, 3.63) is 0 Å². The third kappa shape index (κ3) is 2.13. The van der Waals surface area contributed by atoms with Gasteiger partial charge in [-0.2, -0.15) is 0 Å². The Labute approximate surface area is 87.9 Å². The Hall–Kier alpha value is -0.0400. The van der Waals surface area contributed by atoms with Gasteiger partial charge in [0.05, 0.1) is 0 Å². The molecule has 1 nitrogen and oxygen atoms in total. The van der Waals surface area contributed by atoms with E-state index >= 15 is 0 Å². The molecular formula is C13H24O. The fourth-order valence-electron chi connectivity index (χ4n) is 3.35. The van der Waals surface area contributed by atoms with E-state index in [0.717, 1.165) is 5.92 Å². The zero-order valence-electron chi connectivity index (χ0n) is 9.47. The Balaban J connectivity index is 1.86. The third-order valence-electron chi connectivity index (χ3n) is 4.76. The van der Waals surface area contributed by atoms with Crippen LogP contribution in [0.2, 0.25) is 0 Å². The highest BCUT2D eigenvalue weighted by molar-refractivity contribution is 4.89. The second kappa shape index (κ2) is 4.22. The maximum absolute atomic E-state index is 9.12. The van der Waals surface area contributed by atoms with Crippen LogP contribution in [0, 0.1) is 17.3 Å². The van der Waals surface area contributed by atoms with E-state index in [0.29, 0.717) is 17.9 Å². The lowest BCUT2D eigenvalue weighted by atomic mass is 9.62. The third-order valence-corrected chi connectivity index (χ3v) is 4.76. The monoisotopic (exact) mass is 196 g/mol. The first kappa shape index (κ1) is 10.5. The summed E-state index contributed by atoms with van der Waals surface area (Å²) in [6.45, 7) is 2.82. The average molecular weight is 196 g/mol. The van der Waals surface area contributed by atoms with Crippen LogP contribution >= 0.6 is 0 Å². The van der Waals surface area contributed by atoms with Crippen LogP contribution in [0.25, 0.3) is 0 Å². The van der Waals surface area contributed by atoms with Gasteiger partial charge in [0.1, 0.15) is 0 Å². The summed E-state index contributed by atoms with van der Waals surface area (Å²) < 4.78 is 0. The largest absolute Gasteiger partial charge is 0.396 e. The topological polar surface area (TPSA) is 20.2 Å². The normalized spacial score (nSPS) is 44.1. The van der Waals surface area contributed by atoms with Gasteiger partial charge in [-0.15, -0.1) is 0 Å². The lowest BCUT2D eigenvalue weighted by Gasteiger charge is -2.44. The van der Waals surface area contributed by atoms with Crippen LogP contribution in [0.5, 0.6) is 0 Å². The molecule has 0 saturated heterocycles. The van der Waals surface area contributed by atoms with Gasteiger partial charge >= 0.3 is 0 Å². The van der Waals surface area contributed by atoms with Crippen LogP contribution in [0.15, 0.2) is 0 Å². The number of hydrogen-bond donors (Lipinski definition) is 1. The molecule has 2 aliphatic rings. The van der Waals surface area contributed by atoms with Gasteiger partial charge in [-0.25, -0.2) is 0 Å². The van der Waals surface area contributed by atoms with Crippen molar-refractivity contribution in [3.8, 4) is 0 Å². The van der Waals surface area contributed by atoms with E-state index in [2.05, 4.69) is 6.92 Å². The van der Waals surface area contributed by atoms with Crippen molar-refractivity contribution < 1.29 is 5.11 Å². The summed E-state index contributed by atoms with van der Waals surface area (Å²) in [6.07, 6.45) is 11.2. The lowest BCUT2D eigenvalue weighted by molar-refractivity contribution is 0.0609. The van der Waals surface area contributed by atoms with Gasteiger partial charge < -0.3 is 5.11 Å². The number of aliphatic hydroxyl groups excluding tert-OH is 1. The first-order valence-electron chi connectivity index (χ1n) is 6.35. The molecule has 82 valence electrons. The van der Waals surface area contributed by atoms with E-state index in [1.807, 2.05) is 0 Å². The number of rotatable bonds is 1. The molecule has 0 atom stereocenters. The molecule has 0 aliphatic heterocycles. The van der Waals surface area contributed by atoms with Crippen LogP contribution in [-0.4, -0.2) is 11.7 Å². The zero-order chi connectivity index (χ0) is 10.0. The molecule has 1 N–H and O–H groups in total. The molecule has 2 saturated carbocycles. The first-order chi connectivity index (χ1) is 6.74. The molecule has 0 radical (unpaired) electrons. The second-order valence-corrected chi connectivity index (χ2v) is 5.81. The van der Waals surface area contributed by atoms with Crippen molar-refractivity contribution in [1.29, 1.82) is 0 Å². The van der Waals surface area contributed by atoms with Gasteiger partial charge in [0.15, 0.2) is 0 Å². The van der Waals surface area contributed by atoms with E-state index in [-0.39, 0.29) is 0 Å². The fraction of sp³-hybridized carbons (Fsp3) is 1.00. The molecule has 1 spiro atoms. The smallest absolute Gasteiger partial charge is 0.0459 e. The molecule has 0 aromatic carbocycles. The summed E-state index contributed by atoms with van der Waals surface area (Å²) in [5.41, 5.74) is 0.707. The fourth-order valence-corrected chi connectivity index (χ4v) is 3.35. The van der Waals surface area contributed by atoms with E-state index < -0.39 is 0 Å². The van der Waals surface area contributed by atoms with E-state index in [4.69, 9.17) is 5.11 Å². The summed E-state index contributed by atoms with van der Waals surface area (Å²) in [6, 6.07) is 0. The molecule has 0 aromatic rings. The Morgan fingerprint density at radius 1 is 1.00 bits per heavy atom. The molecule has 14 heavy (non-hydrogen) atoms. The Bertz CT molecular complexity index is 170. The summed E-state index contributed by atoms with van der Waals surface area (Å²) >= 11 is 0. The van der Waals surface area contributed by atoms with Crippen LogP contribution in [-0.2, 0) is 0 Å². The van der Waals surface area contributed by atoms with Gasteiger partial charge in [0, 0.05) is 6.61 Å². The summed E-state index contributed by atoms with van der Waals surface area (Å²) in [4.78, 5) is 0. The number of hydrogen-bond acceptors (Lipinski definition) is 1. The maximum atomic E-state index is 9.12. The van der Waals surface area contributed by atoms with Gasteiger partial charge in [0.2, 0.25) is 0 Å². The SMILES string of the molecule is CC1CCC2(CC1)CCC(CO)CC2. The highest BCUT2D eigenvalue weighted by Gasteiger charge is 2.37. The van der Waals surface area contributed by atoms with Crippen LogP contribution in [0.1, 0.15) is 58.3 Å². The predicted octanol–water partition coefficient (Wildman–Crippen LogP) is 3.37. The minimum atomic E-state index is 0.423. The van der Waals surface area contributed by atoms with Gasteiger partial charge in [-0.3, -0.25) is 0 Å². The van der Waals surface area contributed by atoms with E-state index in [1.54, 1.807) is 0 Å². The van der Waals surface area contributed by atoms with E-state index in [1.165, 1.54) is 51.4 Å². The van der Waals surface area contributed by atoms with Crippen molar-refractivity contribution in [1.82, 2.24) is 0 Å². The van der Waals surface area contributed by atoms with Crippen molar-refractivity contribution in [2.24, 2.45) is 17.3 Å². The molecule has 2 fully saturated rings. The maximum Gasteiger partial charge on any atom is 0.0459 e.